The molecular formula is C18H14N6O5S. The molecule has 152 valence electrons. The van der Waals surface area contributed by atoms with Crippen LogP contribution in [0.5, 0.6) is 0 Å². The van der Waals surface area contributed by atoms with Gasteiger partial charge in [0.15, 0.2) is 5.71 Å². The maximum absolute atomic E-state index is 12.6. The normalized spacial score (nSPS) is 16.5. The molecular weight excluding hydrogens is 412 g/mol. The number of hydrazone groups is 1. The summed E-state index contributed by atoms with van der Waals surface area (Å²) < 4.78 is 26.2. The van der Waals surface area contributed by atoms with Crippen LogP contribution < -0.4 is 9.73 Å². The number of para-hydroxylation sites is 1. The Morgan fingerprint density at radius 3 is 2.63 bits per heavy atom. The van der Waals surface area contributed by atoms with Crippen molar-refractivity contribution in [3.8, 4) is 6.07 Å². The van der Waals surface area contributed by atoms with Crippen LogP contribution in [0.4, 0.5) is 11.4 Å². The molecule has 1 aliphatic heterocycles. The van der Waals surface area contributed by atoms with Crippen molar-refractivity contribution in [2.45, 2.75) is 10.9 Å². The van der Waals surface area contributed by atoms with Crippen LogP contribution in [0.1, 0.15) is 0 Å². The van der Waals surface area contributed by atoms with E-state index in [0.717, 1.165) is 11.1 Å². The SMILES string of the molecule is N#CC1=NN(c2ccccc2)C(=O)C1/N=N/c1cccc(S(=O)(=O)NCC(=O)O)c1. The quantitative estimate of drug-likeness (QED) is 0.636. The number of carboxylic acid groups (broad SMARTS) is 1. The number of carbonyl (C=O) groups excluding carboxylic acids is 1. The molecule has 1 atom stereocenters. The summed E-state index contributed by atoms with van der Waals surface area (Å²) in [7, 11) is -4.07. The van der Waals surface area contributed by atoms with E-state index in [1.54, 1.807) is 30.3 Å². The van der Waals surface area contributed by atoms with Crippen LogP contribution in [0.2, 0.25) is 0 Å². The molecule has 2 aromatic carbocycles. The van der Waals surface area contributed by atoms with Crippen LogP contribution in [-0.2, 0) is 19.6 Å². The Morgan fingerprint density at radius 1 is 1.23 bits per heavy atom. The number of anilines is 1. The van der Waals surface area contributed by atoms with Gasteiger partial charge in [-0.05, 0) is 30.3 Å². The summed E-state index contributed by atoms with van der Waals surface area (Å²) in [4.78, 5) is 23.0. The van der Waals surface area contributed by atoms with Crippen molar-refractivity contribution in [3.63, 3.8) is 0 Å². The maximum Gasteiger partial charge on any atom is 0.318 e. The third-order valence-electron chi connectivity index (χ3n) is 3.85. The molecule has 1 unspecified atom stereocenters. The zero-order valence-corrected chi connectivity index (χ0v) is 16.0. The van der Waals surface area contributed by atoms with E-state index in [1.165, 1.54) is 18.2 Å². The van der Waals surface area contributed by atoms with Gasteiger partial charge in [-0.15, -0.1) is 0 Å². The summed E-state index contributed by atoms with van der Waals surface area (Å²) >= 11 is 0. The standard InChI is InChI=1S/C18H14N6O5S/c19-10-15-17(18(27)24(23-15)13-6-2-1-3-7-13)22-21-12-5-4-8-14(9-12)30(28,29)20-11-16(25)26/h1-9,17,20H,11H2,(H,25,26)/b22-21+. The molecule has 3 rings (SSSR count). The molecule has 1 amide bonds. The zero-order chi connectivity index (χ0) is 21.7. The lowest BCUT2D eigenvalue weighted by Gasteiger charge is -2.11. The first-order valence-corrected chi connectivity index (χ1v) is 9.90. The Morgan fingerprint density at radius 2 is 1.97 bits per heavy atom. The number of sulfonamides is 1. The Kier molecular flexibility index (Phi) is 5.95. The van der Waals surface area contributed by atoms with Crippen molar-refractivity contribution in [3.05, 3.63) is 54.6 Å². The average molecular weight is 426 g/mol. The maximum atomic E-state index is 12.6. The van der Waals surface area contributed by atoms with Gasteiger partial charge in [0.25, 0.3) is 5.91 Å². The number of hydrogen-bond acceptors (Lipinski definition) is 8. The molecule has 0 bridgehead atoms. The summed E-state index contributed by atoms with van der Waals surface area (Å²) in [5.41, 5.74) is 0.404. The lowest BCUT2D eigenvalue weighted by molar-refractivity contribution is -0.135. The summed E-state index contributed by atoms with van der Waals surface area (Å²) in [6.45, 7) is -0.776. The number of carboxylic acids is 1. The van der Waals surface area contributed by atoms with Crippen molar-refractivity contribution in [2.24, 2.45) is 15.3 Å². The molecule has 1 aliphatic rings. The predicted molar refractivity (Wildman–Crippen MR) is 105 cm³/mol. The van der Waals surface area contributed by atoms with Crippen molar-refractivity contribution in [2.75, 3.05) is 11.6 Å². The fourth-order valence-corrected chi connectivity index (χ4v) is 3.48. The van der Waals surface area contributed by atoms with Crippen LogP contribution in [0, 0.1) is 11.3 Å². The summed E-state index contributed by atoms with van der Waals surface area (Å²) in [5, 5.41) is 30.7. The van der Waals surface area contributed by atoms with Crippen LogP contribution >= 0.6 is 0 Å². The molecule has 0 aromatic heterocycles. The van der Waals surface area contributed by atoms with E-state index in [2.05, 4.69) is 15.3 Å². The first kappa shape index (κ1) is 20.8. The van der Waals surface area contributed by atoms with Gasteiger partial charge in [0.2, 0.25) is 16.1 Å². The molecule has 2 aromatic rings. The van der Waals surface area contributed by atoms with Gasteiger partial charge >= 0.3 is 5.97 Å². The molecule has 11 nitrogen and oxygen atoms in total. The Balaban J connectivity index is 1.82. The fourth-order valence-electron chi connectivity index (χ4n) is 2.46. The molecule has 2 N–H and O–H groups in total. The number of benzene rings is 2. The van der Waals surface area contributed by atoms with Gasteiger partial charge in [0, 0.05) is 0 Å². The lowest BCUT2D eigenvalue weighted by atomic mass is 10.2. The number of nitrogens with zero attached hydrogens (tertiary/aromatic N) is 5. The number of carbonyl (C=O) groups is 2. The number of rotatable bonds is 7. The summed E-state index contributed by atoms with van der Waals surface area (Å²) in [5.74, 6) is -1.91. The zero-order valence-electron chi connectivity index (χ0n) is 15.2. The minimum Gasteiger partial charge on any atom is -0.480 e. The van der Waals surface area contributed by atoms with E-state index in [0.29, 0.717) is 5.69 Å². The van der Waals surface area contributed by atoms with Gasteiger partial charge in [0.1, 0.15) is 12.6 Å². The topological polar surface area (TPSA) is 165 Å². The number of hydrogen-bond donors (Lipinski definition) is 2. The van der Waals surface area contributed by atoms with E-state index in [9.17, 15) is 23.3 Å². The number of aliphatic carboxylic acids is 1. The Labute approximate surface area is 171 Å². The van der Waals surface area contributed by atoms with E-state index in [-0.39, 0.29) is 16.3 Å². The smallest absolute Gasteiger partial charge is 0.318 e. The highest BCUT2D eigenvalue weighted by Crippen LogP contribution is 2.24. The molecule has 1 heterocycles. The first-order valence-electron chi connectivity index (χ1n) is 8.42. The summed E-state index contributed by atoms with van der Waals surface area (Å²) in [6.07, 6.45) is 0. The molecule has 0 aliphatic carbocycles. The molecule has 0 radical (unpaired) electrons. The molecule has 0 saturated carbocycles. The van der Waals surface area contributed by atoms with Crippen LogP contribution in [0.25, 0.3) is 0 Å². The number of amides is 1. The van der Waals surface area contributed by atoms with E-state index in [4.69, 9.17) is 5.11 Å². The average Bonchev–Trinajstić information content (AvgIpc) is 3.07. The molecule has 0 spiro atoms. The molecule has 0 saturated heterocycles. The molecule has 30 heavy (non-hydrogen) atoms. The second kappa shape index (κ2) is 8.60. The van der Waals surface area contributed by atoms with Gasteiger partial charge in [-0.1, -0.05) is 24.3 Å². The molecule has 12 heteroatoms. The van der Waals surface area contributed by atoms with Crippen LogP contribution in [0.3, 0.4) is 0 Å². The number of nitrogens with one attached hydrogen (secondary N) is 1. The van der Waals surface area contributed by atoms with E-state index < -0.39 is 34.5 Å². The third-order valence-corrected chi connectivity index (χ3v) is 5.25. The predicted octanol–water partition coefficient (Wildman–Crippen LogP) is 1.43. The van der Waals surface area contributed by atoms with Crippen molar-refractivity contribution in [1.82, 2.24) is 4.72 Å². The van der Waals surface area contributed by atoms with Gasteiger partial charge in [-0.2, -0.15) is 30.3 Å². The fraction of sp³-hybridized carbons (Fsp3) is 0.111. The van der Waals surface area contributed by atoms with Crippen molar-refractivity contribution >= 4 is 39.0 Å². The minimum atomic E-state index is -4.07. The minimum absolute atomic E-state index is 0.0939. The highest BCUT2D eigenvalue weighted by Gasteiger charge is 2.37. The highest BCUT2D eigenvalue weighted by molar-refractivity contribution is 7.89. The van der Waals surface area contributed by atoms with Gasteiger partial charge in [-0.25, -0.2) is 8.42 Å². The van der Waals surface area contributed by atoms with E-state index in [1.807, 2.05) is 10.8 Å². The largest absolute Gasteiger partial charge is 0.480 e. The van der Waals surface area contributed by atoms with Gasteiger partial charge < -0.3 is 5.11 Å². The van der Waals surface area contributed by atoms with Crippen LogP contribution in [0.15, 0.2) is 74.8 Å². The summed E-state index contributed by atoms with van der Waals surface area (Å²) in [6, 6.07) is 14.3. The number of nitriles is 1. The van der Waals surface area contributed by atoms with Gasteiger partial charge in [0.05, 0.1) is 16.3 Å². The van der Waals surface area contributed by atoms with E-state index >= 15 is 0 Å². The first-order chi connectivity index (χ1) is 14.3. The Hall–Kier alpha value is -3.95. The van der Waals surface area contributed by atoms with Crippen LogP contribution in [-0.4, -0.2) is 43.7 Å². The van der Waals surface area contributed by atoms with Gasteiger partial charge in [-0.3, -0.25) is 9.59 Å². The lowest BCUT2D eigenvalue weighted by Crippen LogP contribution is -2.30. The molecule has 0 fully saturated rings. The monoisotopic (exact) mass is 426 g/mol. The third kappa shape index (κ3) is 4.54. The van der Waals surface area contributed by atoms with Crippen molar-refractivity contribution < 1.29 is 23.1 Å². The Bertz CT molecular complexity index is 1190. The second-order valence-corrected chi connectivity index (χ2v) is 7.68. The van der Waals surface area contributed by atoms with Crippen molar-refractivity contribution in [1.29, 1.82) is 5.26 Å². The number of azo groups is 1. The second-order valence-electron chi connectivity index (χ2n) is 5.92. The highest BCUT2D eigenvalue weighted by atomic mass is 32.2.